The number of pyridine rings is 1. The van der Waals surface area contributed by atoms with Crippen LogP contribution in [0, 0.1) is 0 Å². The fourth-order valence-corrected chi connectivity index (χ4v) is 2.11. The second-order valence-electron chi connectivity index (χ2n) is 3.16. The molecule has 0 unspecified atom stereocenters. The van der Waals surface area contributed by atoms with Crippen molar-refractivity contribution >= 4 is 23.2 Å². The molecule has 0 aromatic carbocycles. The maximum absolute atomic E-state index is 5.97. The lowest BCUT2D eigenvalue weighted by Gasteiger charge is -2.11. The van der Waals surface area contributed by atoms with Crippen LogP contribution in [-0.2, 0) is 0 Å². The molecule has 2 rings (SSSR count). The van der Waals surface area contributed by atoms with Crippen LogP contribution in [0.15, 0.2) is 12.1 Å². The van der Waals surface area contributed by atoms with E-state index in [1.165, 1.54) is 6.42 Å². The van der Waals surface area contributed by atoms with Gasteiger partial charge in [0.2, 0.25) is 0 Å². The van der Waals surface area contributed by atoms with Gasteiger partial charge >= 0.3 is 0 Å². The zero-order valence-electron chi connectivity index (χ0n) is 7.06. The van der Waals surface area contributed by atoms with Gasteiger partial charge in [0.25, 0.3) is 0 Å². The second kappa shape index (κ2) is 3.82. The second-order valence-corrected chi connectivity index (χ2v) is 3.91. The van der Waals surface area contributed by atoms with Gasteiger partial charge in [0.15, 0.2) is 0 Å². The molecule has 1 aromatic heterocycles. The minimum atomic E-state index is 0.359. The molecule has 1 aromatic rings. The van der Waals surface area contributed by atoms with E-state index in [1.54, 1.807) is 6.07 Å². The highest BCUT2D eigenvalue weighted by Crippen LogP contribution is 2.28. The summed E-state index contributed by atoms with van der Waals surface area (Å²) in [5, 5.41) is 4.34. The average molecular weight is 217 g/mol. The molecule has 1 N–H and O–H groups in total. The molecule has 2 heterocycles. The van der Waals surface area contributed by atoms with Crippen molar-refractivity contribution in [2.24, 2.45) is 0 Å². The molecule has 13 heavy (non-hydrogen) atoms. The van der Waals surface area contributed by atoms with Gasteiger partial charge in [-0.05, 0) is 25.5 Å². The van der Waals surface area contributed by atoms with Crippen molar-refractivity contribution in [3.8, 4) is 0 Å². The Morgan fingerprint density at radius 3 is 2.85 bits per heavy atom. The van der Waals surface area contributed by atoms with E-state index in [4.69, 9.17) is 23.2 Å². The van der Waals surface area contributed by atoms with Crippen LogP contribution < -0.4 is 5.32 Å². The Hall–Kier alpha value is -0.310. The molecule has 0 radical (unpaired) electrons. The first-order valence-electron chi connectivity index (χ1n) is 4.33. The normalized spacial score (nSPS) is 22.2. The van der Waals surface area contributed by atoms with Crippen LogP contribution in [0.1, 0.15) is 24.4 Å². The Morgan fingerprint density at radius 2 is 2.23 bits per heavy atom. The third-order valence-electron chi connectivity index (χ3n) is 2.28. The number of rotatable bonds is 1. The Kier molecular flexibility index (Phi) is 2.72. The lowest BCUT2D eigenvalue weighted by molar-refractivity contribution is 0.645. The van der Waals surface area contributed by atoms with Gasteiger partial charge in [0, 0.05) is 11.6 Å². The van der Waals surface area contributed by atoms with Gasteiger partial charge in [-0.2, -0.15) is 0 Å². The molecule has 1 aliphatic rings. The summed E-state index contributed by atoms with van der Waals surface area (Å²) in [4.78, 5) is 4.01. The van der Waals surface area contributed by atoms with Gasteiger partial charge in [-0.1, -0.05) is 29.3 Å². The molecule has 0 spiro atoms. The van der Waals surface area contributed by atoms with Crippen LogP contribution >= 0.6 is 23.2 Å². The zero-order valence-corrected chi connectivity index (χ0v) is 8.57. The fraction of sp³-hybridized carbons (Fsp3) is 0.444. The molecule has 2 nitrogen and oxygen atoms in total. The van der Waals surface area contributed by atoms with Crippen LogP contribution in [0.25, 0.3) is 0 Å². The van der Waals surface area contributed by atoms with Crippen molar-refractivity contribution in [3.63, 3.8) is 0 Å². The summed E-state index contributed by atoms with van der Waals surface area (Å²) in [6.07, 6.45) is 2.33. The Bertz CT molecular complexity index is 308. The van der Waals surface area contributed by atoms with Crippen molar-refractivity contribution in [2.75, 3.05) is 6.54 Å². The van der Waals surface area contributed by atoms with Crippen LogP contribution in [0.5, 0.6) is 0 Å². The van der Waals surface area contributed by atoms with Crippen LogP contribution in [0.4, 0.5) is 0 Å². The molecule has 0 amide bonds. The van der Waals surface area contributed by atoms with E-state index in [1.807, 2.05) is 6.07 Å². The van der Waals surface area contributed by atoms with Gasteiger partial charge in [0.1, 0.15) is 10.3 Å². The first kappa shape index (κ1) is 9.25. The van der Waals surface area contributed by atoms with Crippen molar-refractivity contribution in [3.05, 3.63) is 28.0 Å². The highest BCUT2D eigenvalue weighted by atomic mass is 35.5. The molecule has 0 saturated carbocycles. The van der Waals surface area contributed by atoms with Crippen LogP contribution in [-0.4, -0.2) is 11.5 Å². The van der Waals surface area contributed by atoms with E-state index in [0.717, 1.165) is 18.5 Å². The fourth-order valence-electron chi connectivity index (χ4n) is 1.63. The molecular formula is C9H10Cl2N2. The Balaban J connectivity index is 2.29. The van der Waals surface area contributed by atoms with Crippen molar-refractivity contribution in [1.29, 1.82) is 0 Å². The van der Waals surface area contributed by atoms with Crippen molar-refractivity contribution in [1.82, 2.24) is 10.3 Å². The molecule has 1 saturated heterocycles. The maximum Gasteiger partial charge on any atom is 0.135 e. The summed E-state index contributed by atoms with van der Waals surface area (Å²) in [6, 6.07) is 4.08. The highest BCUT2D eigenvalue weighted by molar-refractivity contribution is 6.32. The number of nitrogens with zero attached hydrogens (tertiary/aromatic N) is 1. The summed E-state index contributed by atoms with van der Waals surface area (Å²) in [5.74, 6) is 0. The van der Waals surface area contributed by atoms with Crippen LogP contribution in [0.2, 0.25) is 10.3 Å². The summed E-state index contributed by atoms with van der Waals surface area (Å²) >= 11 is 11.7. The molecule has 1 fully saturated rings. The smallest absolute Gasteiger partial charge is 0.135 e. The first-order chi connectivity index (χ1) is 6.27. The van der Waals surface area contributed by atoms with E-state index in [-0.39, 0.29) is 0 Å². The third kappa shape index (κ3) is 1.96. The van der Waals surface area contributed by atoms with E-state index in [9.17, 15) is 0 Å². The average Bonchev–Trinajstić information content (AvgIpc) is 2.56. The molecule has 4 heteroatoms. The maximum atomic E-state index is 5.97. The summed E-state index contributed by atoms with van der Waals surface area (Å²) in [7, 11) is 0. The monoisotopic (exact) mass is 216 g/mol. The number of halogens is 2. The SMILES string of the molecule is Clc1ccc([C@@H]2CCCN2)c(Cl)n1. The van der Waals surface area contributed by atoms with Gasteiger partial charge in [0.05, 0.1) is 0 Å². The van der Waals surface area contributed by atoms with E-state index < -0.39 is 0 Å². The van der Waals surface area contributed by atoms with E-state index in [0.29, 0.717) is 16.3 Å². The predicted octanol–water partition coefficient (Wildman–Crippen LogP) is 2.81. The minimum absolute atomic E-state index is 0.359. The number of aromatic nitrogens is 1. The highest BCUT2D eigenvalue weighted by Gasteiger charge is 2.19. The number of hydrogen-bond donors (Lipinski definition) is 1. The number of hydrogen-bond acceptors (Lipinski definition) is 2. The van der Waals surface area contributed by atoms with Gasteiger partial charge < -0.3 is 5.32 Å². The third-order valence-corrected chi connectivity index (χ3v) is 2.79. The van der Waals surface area contributed by atoms with E-state index in [2.05, 4.69) is 10.3 Å². The van der Waals surface area contributed by atoms with Gasteiger partial charge in [-0.3, -0.25) is 0 Å². The Labute approximate surface area is 87.3 Å². The summed E-state index contributed by atoms with van der Waals surface area (Å²) < 4.78 is 0. The first-order valence-corrected chi connectivity index (χ1v) is 5.08. The molecule has 1 atom stereocenters. The standard InChI is InChI=1S/C9H10Cl2N2/c10-8-4-3-6(9(11)13-8)7-2-1-5-12-7/h3-4,7,12H,1-2,5H2/t7-/m0/s1. The quantitative estimate of drug-likeness (QED) is 0.731. The Morgan fingerprint density at radius 1 is 1.38 bits per heavy atom. The molecule has 1 aliphatic heterocycles. The summed E-state index contributed by atoms with van der Waals surface area (Å²) in [5.41, 5.74) is 1.06. The van der Waals surface area contributed by atoms with Gasteiger partial charge in [-0.25, -0.2) is 4.98 Å². The zero-order chi connectivity index (χ0) is 9.26. The van der Waals surface area contributed by atoms with E-state index >= 15 is 0 Å². The van der Waals surface area contributed by atoms with Crippen LogP contribution in [0.3, 0.4) is 0 Å². The minimum Gasteiger partial charge on any atom is -0.310 e. The largest absolute Gasteiger partial charge is 0.310 e. The van der Waals surface area contributed by atoms with Crippen molar-refractivity contribution in [2.45, 2.75) is 18.9 Å². The molecular weight excluding hydrogens is 207 g/mol. The lowest BCUT2D eigenvalue weighted by Crippen LogP contribution is -2.13. The molecule has 70 valence electrons. The van der Waals surface area contributed by atoms with Crippen molar-refractivity contribution < 1.29 is 0 Å². The molecule has 0 bridgehead atoms. The lowest BCUT2D eigenvalue weighted by atomic mass is 10.1. The van der Waals surface area contributed by atoms with Gasteiger partial charge in [-0.15, -0.1) is 0 Å². The number of nitrogens with one attached hydrogen (secondary N) is 1. The molecule has 0 aliphatic carbocycles. The summed E-state index contributed by atoms with van der Waals surface area (Å²) in [6.45, 7) is 1.06. The predicted molar refractivity (Wildman–Crippen MR) is 54.2 cm³/mol. The topological polar surface area (TPSA) is 24.9 Å².